The predicted molar refractivity (Wildman–Crippen MR) is 114 cm³/mol. The molecule has 0 aliphatic carbocycles. The van der Waals surface area contributed by atoms with Gasteiger partial charge >= 0.3 is 5.97 Å². The van der Waals surface area contributed by atoms with Crippen molar-refractivity contribution in [1.29, 1.82) is 0 Å². The van der Waals surface area contributed by atoms with Crippen LogP contribution in [0.4, 0.5) is 5.69 Å². The average Bonchev–Trinajstić information content (AvgIpc) is 2.73. The van der Waals surface area contributed by atoms with Crippen molar-refractivity contribution in [3.8, 4) is 11.1 Å². The molecule has 0 aliphatic rings. The predicted octanol–water partition coefficient (Wildman–Crippen LogP) is 4.77. The van der Waals surface area contributed by atoms with E-state index in [1.807, 2.05) is 42.5 Å². The second kappa shape index (κ2) is 9.11. The first-order chi connectivity index (χ1) is 13.9. The van der Waals surface area contributed by atoms with Gasteiger partial charge in [0.2, 0.25) is 0 Å². The first-order valence-corrected chi connectivity index (χ1v) is 10.8. The number of hydrogen-bond donors (Lipinski definition) is 0. The summed E-state index contributed by atoms with van der Waals surface area (Å²) in [5.74, 6) is -0.632. The van der Waals surface area contributed by atoms with E-state index in [1.165, 1.54) is 24.3 Å². The van der Waals surface area contributed by atoms with Crippen molar-refractivity contribution < 1.29 is 17.9 Å². The highest BCUT2D eigenvalue weighted by Gasteiger charge is 2.29. The molecule has 0 spiro atoms. The SMILES string of the molecule is CCOC(=O)CN(c1ccccc1-c1ccccc1)S(=O)(=O)c1ccc(Cl)cc1. The summed E-state index contributed by atoms with van der Waals surface area (Å²) < 4.78 is 33.0. The molecule has 29 heavy (non-hydrogen) atoms. The zero-order chi connectivity index (χ0) is 20.9. The van der Waals surface area contributed by atoms with Gasteiger partial charge in [-0.3, -0.25) is 9.10 Å². The Morgan fingerprint density at radius 3 is 2.21 bits per heavy atom. The van der Waals surface area contributed by atoms with E-state index in [1.54, 1.807) is 19.1 Å². The zero-order valence-corrected chi connectivity index (χ0v) is 17.4. The summed E-state index contributed by atoms with van der Waals surface area (Å²) in [4.78, 5) is 12.3. The molecule has 0 bridgehead atoms. The largest absolute Gasteiger partial charge is 0.465 e. The second-order valence-corrected chi connectivity index (χ2v) is 8.45. The minimum atomic E-state index is -4.04. The minimum Gasteiger partial charge on any atom is -0.465 e. The summed E-state index contributed by atoms with van der Waals surface area (Å²) >= 11 is 5.91. The average molecular weight is 430 g/mol. The Kier molecular flexibility index (Phi) is 6.56. The van der Waals surface area contributed by atoms with Gasteiger partial charge < -0.3 is 4.74 Å². The molecule has 7 heteroatoms. The summed E-state index contributed by atoms with van der Waals surface area (Å²) in [6, 6.07) is 22.3. The van der Waals surface area contributed by atoms with Crippen LogP contribution in [0.25, 0.3) is 11.1 Å². The number of anilines is 1. The van der Waals surface area contributed by atoms with E-state index in [9.17, 15) is 13.2 Å². The summed E-state index contributed by atoms with van der Waals surface area (Å²) in [5, 5.41) is 0.422. The molecule has 150 valence electrons. The van der Waals surface area contributed by atoms with Gasteiger partial charge in [0, 0.05) is 10.6 Å². The first-order valence-electron chi connectivity index (χ1n) is 9.02. The number of sulfonamides is 1. The number of esters is 1. The highest BCUT2D eigenvalue weighted by Crippen LogP contribution is 2.34. The number of benzene rings is 3. The van der Waals surface area contributed by atoms with Crippen LogP contribution in [-0.4, -0.2) is 27.5 Å². The molecule has 5 nitrogen and oxygen atoms in total. The zero-order valence-electron chi connectivity index (χ0n) is 15.8. The van der Waals surface area contributed by atoms with Gasteiger partial charge in [0.1, 0.15) is 6.54 Å². The molecule has 3 aromatic carbocycles. The topological polar surface area (TPSA) is 63.7 Å². The van der Waals surface area contributed by atoms with Gasteiger partial charge in [0.05, 0.1) is 17.2 Å². The Morgan fingerprint density at radius 1 is 0.931 bits per heavy atom. The standard InChI is InChI=1S/C22H20ClNO4S/c1-2-28-22(25)16-24(29(26,27)19-14-12-18(23)13-15-19)21-11-7-6-10-20(21)17-8-4-3-5-9-17/h3-15H,2,16H2,1H3. The molecule has 0 N–H and O–H groups in total. The highest BCUT2D eigenvalue weighted by molar-refractivity contribution is 7.92. The van der Waals surface area contributed by atoms with E-state index in [0.717, 1.165) is 9.87 Å². The van der Waals surface area contributed by atoms with Crippen LogP contribution in [0.3, 0.4) is 0 Å². The summed E-state index contributed by atoms with van der Waals surface area (Å²) in [6.07, 6.45) is 0. The normalized spacial score (nSPS) is 11.1. The fourth-order valence-corrected chi connectivity index (χ4v) is 4.46. The number of nitrogens with zero attached hydrogens (tertiary/aromatic N) is 1. The Morgan fingerprint density at radius 2 is 1.55 bits per heavy atom. The van der Waals surface area contributed by atoms with Gasteiger partial charge in [-0.2, -0.15) is 0 Å². The lowest BCUT2D eigenvalue weighted by Gasteiger charge is -2.26. The van der Waals surface area contributed by atoms with Crippen LogP contribution >= 0.6 is 11.6 Å². The summed E-state index contributed by atoms with van der Waals surface area (Å²) in [7, 11) is -4.04. The van der Waals surface area contributed by atoms with Gasteiger partial charge in [-0.05, 0) is 42.8 Å². The monoisotopic (exact) mass is 429 g/mol. The molecular formula is C22H20ClNO4S. The van der Waals surface area contributed by atoms with Gasteiger partial charge in [-0.25, -0.2) is 8.42 Å². The fraction of sp³-hybridized carbons (Fsp3) is 0.136. The quantitative estimate of drug-likeness (QED) is 0.508. The van der Waals surface area contributed by atoms with Crippen LogP contribution in [0.1, 0.15) is 6.92 Å². The third-order valence-corrected chi connectivity index (χ3v) is 6.26. The lowest BCUT2D eigenvalue weighted by molar-refractivity contribution is -0.141. The maximum absolute atomic E-state index is 13.4. The molecule has 0 fully saturated rings. The number of carbonyl (C=O) groups excluding carboxylic acids is 1. The Hall–Kier alpha value is -2.83. The van der Waals surface area contributed by atoms with Crippen LogP contribution in [0.2, 0.25) is 5.02 Å². The molecule has 0 atom stereocenters. The van der Waals surface area contributed by atoms with E-state index in [2.05, 4.69) is 0 Å². The molecule has 0 saturated heterocycles. The Bertz CT molecular complexity index is 1080. The molecule has 0 saturated carbocycles. The van der Waals surface area contributed by atoms with E-state index < -0.39 is 22.5 Å². The molecule has 0 amide bonds. The van der Waals surface area contributed by atoms with Crippen LogP contribution in [0.15, 0.2) is 83.8 Å². The summed E-state index contributed by atoms with van der Waals surface area (Å²) in [5.41, 5.74) is 1.92. The smallest absolute Gasteiger partial charge is 0.326 e. The fourth-order valence-electron chi connectivity index (χ4n) is 2.91. The number of carbonyl (C=O) groups is 1. The Labute approximate surface area is 175 Å². The molecule has 3 rings (SSSR count). The van der Waals surface area contributed by atoms with Crippen molar-refractivity contribution in [3.05, 3.63) is 83.9 Å². The molecule has 3 aromatic rings. The highest BCUT2D eigenvalue weighted by atomic mass is 35.5. The summed E-state index contributed by atoms with van der Waals surface area (Å²) in [6.45, 7) is 1.39. The number of rotatable bonds is 7. The van der Waals surface area contributed by atoms with Crippen molar-refractivity contribution in [2.45, 2.75) is 11.8 Å². The van der Waals surface area contributed by atoms with E-state index in [4.69, 9.17) is 16.3 Å². The lowest BCUT2D eigenvalue weighted by Crippen LogP contribution is -2.37. The molecule has 0 heterocycles. The van der Waals surface area contributed by atoms with Gasteiger partial charge in [0.15, 0.2) is 0 Å². The molecule has 0 radical (unpaired) electrons. The number of para-hydroxylation sites is 1. The Balaban J connectivity index is 2.15. The van der Waals surface area contributed by atoms with Crippen LogP contribution in [-0.2, 0) is 19.6 Å². The molecule has 0 aliphatic heterocycles. The molecule has 0 unspecified atom stereocenters. The van der Waals surface area contributed by atoms with E-state index in [0.29, 0.717) is 16.3 Å². The second-order valence-electron chi connectivity index (χ2n) is 6.15. The van der Waals surface area contributed by atoms with E-state index >= 15 is 0 Å². The number of hydrogen-bond acceptors (Lipinski definition) is 4. The van der Waals surface area contributed by atoms with Gasteiger partial charge in [-0.1, -0.05) is 60.1 Å². The maximum atomic E-state index is 13.4. The third-order valence-electron chi connectivity index (χ3n) is 4.24. The molecule has 0 aromatic heterocycles. The lowest BCUT2D eigenvalue weighted by atomic mass is 10.0. The van der Waals surface area contributed by atoms with Crippen LogP contribution in [0, 0.1) is 0 Å². The third kappa shape index (κ3) is 4.78. The van der Waals surface area contributed by atoms with E-state index in [-0.39, 0.29) is 11.5 Å². The molecular weight excluding hydrogens is 410 g/mol. The number of ether oxygens (including phenoxy) is 1. The van der Waals surface area contributed by atoms with Crippen LogP contribution in [0.5, 0.6) is 0 Å². The number of halogens is 1. The van der Waals surface area contributed by atoms with Crippen molar-refractivity contribution in [2.24, 2.45) is 0 Å². The van der Waals surface area contributed by atoms with Gasteiger partial charge in [-0.15, -0.1) is 0 Å². The van der Waals surface area contributed by atoms with Crippen molar-refractivity contribution in [2.75, 3.05) is 17.5 Å². The maximum Gasteiger partial charge on any atom is 0.326 e. The van der Waals surface area contributed by atoms with Crippen molar-refractivity contribution in [1.82, 2.24) is 0 Å². The first kappa shape index (κ1) is 20.9. The van der Waals surface area contributed by atoms with Crippen molar-refractivity contribution in [3.63, 3.8) is 0 Å². The van der Waals surface area contributed by atoms with Crippen LogP contribution < -0.4 is 4.31 Å². The minimum absolute atomic E-state index is 0.0362. The van der Waals surface area contributed by atoms with Gasteiger partial charge in [0.25, 0.3) is 10.0 Å². The van der Waals surface area contributed by atoms with Crippen molar-refractivity contribution >= 4 is 33.3 Å².